The third-order valence-electron chi connectivity index (χ3n) is 4.64. The van der Waals surface area contributed by atoms with Crippen LogP contribution in [0.15, 0.2) is 28.7 Å². The van der Waals surface area contributed by atoms with Gasteiger partial charge >= 0.3 is 5.97 Å². The first-order valence-electron chi connectivity index (χ1n) is 7.77. The highest BCUT2D eigenvalue weighted by Gasteiger charge is 2.32. The Balaban J connectivity index is 0.000000144. The van der Waals surface area contributed by atoms with Crippen molar-refractivity contribution in [3.05, 3.63) is 52.3 Å². The maximum atomic E-state index is 10.4. The zero-order valence-corrected chi connectivity index (χ0v) is 14.5. The van der Waals surface area contributed by atoms with Crippen LogP contribution in [0, 0.1) is 27.7 Å². The number of rotatable bonds is 2. The van der Waals surface area contributed by atoms with E-state index in [1.165, 1.54) is 52.4 Å². The Morgan fingerprint density at radius 2 is 1.58 bits per heavy atom. The fourth-order valence-electron chi connectivity index (χ4n) is 3.15. The topological polar surface area (TPSA) is 59.7 Å². The van der Waals surface area contributed by atoms with E-state index in [-0.39, 0.29) is 5.56 Å². The van der Waals surface area contributed by atoms with Crippen molar-refractivity contribution in [2.24, 2.45) is 0 Å². The van der Waals surface area contributed by atoms with Gasteiger partial charge in [0.25, 0.3) is 0 Å². The smallest absolute Gasteiger partial charge is 0.335 e. The van der Waals surface area contributed by atoms with Crippen LogP contribution < -0.4 is 4.74 Å². The van der Waals surface area contributed by atoms with Gasteiger partial charge < -0.3 is 14.3 Å². The molecule has 2 aromatic rings. The molecule has 0 unspecified atom stereocenters. The molecule has 1 aromatic carbocycles. The van der Waals surface area contributed by atoms with Crippen molar-refractivity contribution in [3.63, 3.8) is 0 Å². The van der Waals surface area contributed by atoms with Crippen LogP contribution in [0.3, 0.4) is 0 Å². The van der Waals surface area contributed by atoms with E-state index in [0.717, 1.165) is 11.3 Å². The highest BCUT2D eigenvalue weighted by atomic mass is 16.5. The number of aromatic carboxylic acids is 1. The predicted molar refractivity (Wildman–Crippen MR) is 94.1 cm³/mol. The largest absolute Gasteiger partial charge is 0.497 e. The molecule has 1 heterocycles. The van der Waals surface area contributed by atoms with Gasteiger partial charge in [-0.2, -0.15) is 0 Å². The molecule has 0 saturated heterocycles. The normalized spacial score (nSPS) is 11.0. The van der Waals surface area contributed by atoms with E-state index in [0.29, 0.717) is 5.75 Å². The summed E-state index contributed by atoms with van der Waals surface area (Å²) in [5, 5.41) is 9.86. The molecule has 24 heavy (non-hydrogen) atoms. The summed E-state index contributed by atoms with van der Waals surface area (Å²) >= 11 is 0. The lowest BCUT2D eigenvalue weighted by molar-refractivity contribution is 0.0697. The molecule has 0 radical (unpaired) electrons. The fraction of sp³-hybridized carbons (Fsp3) is 0.250. The molecule has 4 heteroatoms. The van der Waals surface area contributed by atoms with Crippen molar-refractivity contribution in [2.75, 3.05) is 7.11 Å². The van der Waals surface area contributed by atoms with Crippen LogP contribution in [-0.2, 0) is 0 Å². The number of benzene rings is 2. The third kappa shape index (κ3) is 2.44. The highest BCUT2D eigenvalue weighted by molar-refractivity contribution is 6.14. The Morgan fingerprint density at radius 1 is 0.958 bits per heavy atom. The summed E-state index contributed by atoms with van der Waals surface area (Å²) in [4.78, 5) is 10.4. The van der Waals surface area contributed by atoms with Crippen LogP contribution >= 0.6 is 0 Å². The molecule has 0 aliphatic heterocycles. The molecule has 1 aromatic heterocycles. The maximum Gasteiger partial charge on any atom is 0.335 e. The van der Waals surface area contributed by atoms with E-state index in [4.69, 9.17) is 14.3 Å². The summed E-state index contributed by atoms with van der Waals surface area (Å²) in [7, 11) is 1.54. The number of methoxy groups -OCH3 is 1. The van der Waals surface area contributed by atoms with E-state index in [1.54, 1.807) is 12.1 Å². The molecule has 0 amide bonds. The molecule has 0 atom stereocenters. The second-order valence-corrected chi connectivity index (χ2v) is 6.02. The van der Waals surface area contributed by atoms with E-state index in [1.807, 2.05) is 6.92 Å². The second-order valence-electron chi connectivity index (χ2n) is 6.02. The summed E-state index contributed by atoms with van der Waals surface area (Å²) in [6.45, 7) is 8.55. The van der Waals surface area contributed by atoms with Gasteiger partial charge in [-0.3, -0.25) is 0 Å². The number of carboxylic acid groups (broad SMARTS) is 1. The molecule has 2 aliphatic carbocycles. The Labute approximate surface area is 140 Å². The van der Waals surface area contributed by atoms with Crippen molar-refractivity contribution < 1.29 is 19.1 Å². The van der Waals surface area contributed by atoms with E-state index in [2.05, 4.69) is 20.8 Å². The van der Waals surface area contributed by atoms with Crippen LogP contribution in [0.1, 0.15) is 32.8 Å². The Bertz CT molecular complexity index is 946. The summed E-state index contributed by atoms with van der Waals surface area (Å²) in [6, 6.07) is 6.23. The molecule has 124 valence electrons. The van der Waals surface area contributed by atoms with Gasteiger partial charge in [-0.05, 0) is 74.2 Å². The van der Waals surface area contributed by atoms with E-state index >= 15 is 0 Å². The van der Waals surface area contributed by atoms with Crippen molar-refractivity contribution >= 4 is 16.9 Å². The average molecular weight is 324 g/mol. The Morgan fingerprint density at radius 3 is 2.12 bits per heavy atom. The first kappa shape index (κ1) is 16.1. The van der Waals surface area contributed by atoms with Crippen molar-refractivity contribution in [1.82, 2.24) is 0 Å². The number of aryl methyl sites for hydroxylation is 4. The third-order valence-corrected chi connectivity index (χ3v) is 4.64. The van der Waals surface area contributed by atoms with E-state index in [9.17, 15) is 4.79 Å². The quantitative estimate of drug-likeness (QED) is 0.561. The lowest BCUT2D eigenvalue weighted by Gasteiger charge is -1.98. The molecule has 0 fully saturated rings. The SMILES string of the molecule is COc1ccc(C(=O)O)cc1.Cc1oc2c3c(C)c-3c(C)c2c1C. The summed E-state index contributed by atoms with van der Waals surface area (Å²) < 4.78 is 10.6. The van der Waals surface area contributed by atoms with Gasteiger partial charge in [0, 0.05) is 10.9 Å². The van der Waals surface area contributed by atoms with Gasteiger partial charge in [0.05, 0.1) is 12.7 Å². The van der Waals surface area contributed by atoms with Crippen LogP contribution in [-0.4, -0.2) is 18.2 Å². The van der Waals surface area contributed by atoms with Crippen molar-refractivity contribution in [1.29, 1.82) is 0 Å². The van der Waals surface area contributed by atoms with Gasteiger partial charge in [-0.15, -0.1) is 0 Å². The minimum atomic E-state index is -0.923. The number of hydrogen-bond acceptors (Lipinski definition) is 3. The molecular weight excluding hydrogens is 304 g/mol. The Hall–Kier alpha value is -2.75. The lowest BCUT2D eigenvalue weighted by Crippen LogP contribution is -1.95. The maximum absolute atomic E-state index is 10.4. The predicted octanol–water partition coefficient (Wildman–Crippen LogP) is 5.04. The first-order chi connectivity index (χ1) is 11.4. The average Bonchev–Trinajstić information content (AvgIpc) is 3.02. The van der Waals surface area contributed by atoms with Crippen LogP contribution in [0.4, 0.5) is 0 Å². The molecule has 1 N–H and O–H groups in total. The van der Waals surface area contributed by atoms with Gasteiger partial charge in [-0.1, -0.05) is 0 Å². The first-order valence-corrected chi connectivity index (χ1v) is 7.77. The minimum Gasteiger partial charge on any atom is -0.497 e. The number of hydrogen-bond donors (Lipinski definition) is 1. The van der Waals surface area contributed by atoms with Crippen LogP contribution in [0.5, 0.6) is 5.75 Å². The number of carbonyl (C=O) groups is 1. The number of furan rings is 1. The number of ether oxygens (including phenoxy) is 1. The minimum absolute atomic E-state index is 0.269. The van der Waals surface area contributed by atoms with Gasteiger partial charge in [0.2, 0.25) is 0 Å². The van der Waals surface area contributed by atoms with Crippen molar-refractivity contribution in [3.8, 4) is 16.9 Å². The van der Waals surface area contributed by atoms with E-state index < -0.39 is 5.97 Å². The fourth-order valence-corrected chi connectivity index (χ4v) is 3.15. The molecule has 0 bridgehead atoms. The summed E-state index contributed by atoms with van der Waals surface area (Å²) in [5.41, 5.74) is 8.38. The standard InChI is InChI=1S/C12H12O.C8H8O3/c1-5-8(4)13-12-10(5)6(2)9-7(3)11(9)12;1-11-7-4-2-6(3-5-7)8(9)10/h1-4H3;2-5H,1H3,(H,9,10). The zero-order valence-electron chi connectivity index (χ0n) is 14.5. The number of fused-ring (bicyclic) bond motifs is 3. The summed E-state index contributed by atoms with van der Waals surface area (Å²) in [5.74, 6) is 0.804. The molecule has 4 rings (SSSR count). The van der Waals surface area contributed by atoms with Gasteiger partial charge in [0.1, 0.15) is 17.1 Å². The molecular formula is C20H20O4. The Kier molecular flexibility index (Phi) is 3.84. The van der Waals surface area contributed by atoms with Crippen LogP contribution in [0.2, 0.25) is 0 Å². The molecule has 4 nitrogen and oxygen atoms in total. The lowest BCUT2D eigenvalue weighted by atomic mass is 10.1. The zero-order chi connectivity index (χ0) is 17.6. The van der Waals surface area contributed by atoms with Crippen molar-refractivity contribution in [2.45, 2.75) is 27.7 Å². The van der Waals surface area contributed by atoms with Crippen LogP contribution in [0.25, 0.3) is 22.1 Å². The van der Waals surface area contributed by atoms with Gasteiger partial charge in [-0.25, -0.2) is 4.79 Å². The summed E-state index contributed by atoms with van der Waals surface area (Å²) in [6.07, 6.45) is 0. The number of carboxylic acids is 1. The highest BCUT2D eigenvalue weighted by Crippen LogP contribution is 2.54. The monoisotopic (exact) mass is 324 g/mol. The molecule has 0 saturated carbocycles. The molecule has 2 aliphatic rings. The van der Waals surface area contributed by atoms with Gasteiger partial charge in [0.15, 0.2) is 0 Å². The second kappa shape index (κ2) is 5.71. The molecule has 0 spiro atoms.